The Hall–Kier alpha value is -0.0500. The molecule has 0 radical (unpaired) electrons. The van der Waals surface area contributed by atoms with Crippen molar-refractivity contribution in [3.63, 3.8) is 0 Å². The highest BCUT2D eigenvalue weighted by Gasteiger charge is 2.18. The average Bonchev–Trinajstić information content (AvgIpc) is 1.80. The van der Waals surface area contributed by atoms with Gasteiger partial charge in [0, 0.05) is 17.8 Å². The Morgan fingerprint density at radius 2 is 2.30 bits per heavy atom. The zero-order chi connectivity index (χ0) is 7.40. The second-order valence-electron chi connectivity index (χ2n) is 2.63. The van der Waals surface area contributed by atoms with Crippen LogP contribution in [0.15, 0.2) is 0 Å². The molecule has 10 heavy (non-hydrogen) atoms. The SMILES string of the molecule is O=C(CCBr)NC1CCC1. The summed E-state index contributed by atoms with van der Waals surface area (Å²) in [5, 5.41) is 3.72. The minimum Gasteiger partial charge on any atom is -0.353 e. The van der Waals surface area contributed by atoms with Gasteiger partial charge in [-0.05, 0) is 19.3 Å². The lowest BCUT2D eigenvalue weighted by atomic mass is 9.93. The lowest BCUT2D eigenvalue weighted by Crippen LogP contribution is -2.39. The van der Waals surface area contributed by atoms with Gasteiger partial charge in [0.1, 0.15) is 0 Å². The molecule has 0 saturated heterocycles. The molecule has 1 aliphatic rings. The smallest absolute Gasteiger partial charge is 0.221 e. The number of halogens is 1. The Morgan fingerprint density at radius 3 is 2.70 bits per heavy atom. The van der Waals surface area contributed by atoms with E-state index in [-0.39, 0.29) is 5.91 Å². The van der Waals surface area contributed by atoms with Crippen LogP contribution in [0, 0.1) is 0 Å². The summed E-state index contributed by atoms with van der Waals surface area (Å²) in [4.78, 5) is 10.9. The molecule has 1 amide bonds. The molecule has 0 atom stereocenters. The molecule has 1 N–H and O–H groups in total. The van der Waals surface area contributed by atoms with E-state index in [1.54, 1.807) is 0 Å². The van der Waals surface area contributed by atoms with Gasteiger partial charge in [-0.1, -0.05) is 15.9 Å². The normalized spacial score (nSPS) is 18.1. The Morgan fingerprint density at radius 1 is 1.60 bits per heavy atom. The number of hydrogen-bond donors (Lipinski definition) is 1. The minimum absolute atomic E-state index is 0.182. The first kappa shape index (κ1) is 8.05. The van der Waals surface area contributed by atoms with Crippen molar-refractivity contribution in [1.29, 1.82) is 0 Å². The van der Waals surface area contributed by atoms with Crippen LogP contribution in [-0.4, -0.2) is 17.3 Å². The van der Waals surface area contributed by atoms with E-state index < -0.39 is 0 Å². The van der Waals surface area contributed by atoms with Crippen molar-refractivity contribution in [2.75, 3.05) is 5.33 Å². The first-order valence-electron chi connectivity index (χ1n) is 3.68. The highest BCUT2D eigenvalue weighted by molar-refractivity contribution is 9.09. The van der Waals surface area contributed by atoms with Crippen LogP contribution in [-0.2, 0) is 4.79 Å². The summed E-state index contributed by atoms with van der Waals surface area (Å²) in [6, 6.07) is 0.492. The van der Waals surface area contributed by atoms with Gasteiger partial charge in [-0.25, -0.2) is 0 Å². The number of carbonyl (C=O) groups excluding carboxylic acids is 1. The van der Waals surface area contributed by atoms with Crippen molar-refractivity contribution in [2.45, 2.75) is 31.7 Å². The summed E-state index contributed by atoms with van der Waals surface area (Å²) in [6.07, 6.45) is 4.23. The Kier molecular flexibility index (Phi) is 3.19. The molecule has 0 aliphatic heterocycles. The van der Waals surface area contributed by atoms with Gasteiger partial charge in [-0.3, -0.25) is 4.79 Å². The molecular weight excluding hydrogens is 194 g/mol. The molecule has 0 aromatic heterocycles. The second-order valence-corrected chi connectivity index (χ2v) is 3.43. The molecule has 0 bridgehead atoms. The summed E-state index contributed by atoms with van der Waals surface area (Å²) in [5.41, 5.74) is 0. The first-order valence-corrected chi connectivity index (χ1v) is 4.80. The second kappa shape index (κ2) is 3.96. The molecule has 58 valence electrons. The van der Waals surface area contributed by atoms with Crippen molar-refractivity contribution in [1.82, 2.24) is 5.32 Å². The number of hydrogen-bond acceptors (Lipinski definition) is 1. The highest BCUT2D eigenvalue weighted by Crippen LogP contribution is 2.17. The third kappa shape index (κ3) is 2.29. The molecular formula is C7H12BrNO. The van der Waals surface area contributed by atoms with Crippen molar-refractivity contribution < 1.29 is 4.79 Å². The monoisotopic (exact) mass is 205 g/mol. The summed E-state index contributed by atoms with van der Waals surface area (Å²) >= 11 is 3.22. The van der Waals surface area contributed by atoms with Gasteiger partial charge in [0.2, 0.25) is 5.91 Å². The minimum atomic E-state index is 0.182. The van der Waals surface area contributed by atoms with Crippen LogP contribution in [0.3, 0.4) is 0 Å². The van der Waals surface area contributed by atoms with Gasteiger partial charge < -0.3 is 5.32 Å². The molecule has 2 nitrogen and oxygen atoms in total. The molecule has 3 heteroatoms. The lowest BCUT2D eigenvalue weighted by Gasteiger charge is -2.26. The number of alkyl halides is 1. The summed E-state index contributed by atoms with van der Waals surface area (Å²) in [7, 11) is 0. The van der Waals surface area contributed by atoms with E-state index in [4.69, 9.17) is 0 Å². The third-order valence-corrected chi connectivity index (χ3v) is 2.19. The molecule has 0 spiro atoms. The average molecular weight is 206 g/mol. The fraction of sp³-hybridized carbons (Fsp3) is 0.857. The fourth-order valence-electron chi connectivity index (χ4n) is 0.938. The van der Waals surface area contributed by atoms with E-state index in [2.05, 4.69) is 21.2 Å². The van der Waals surface area contributed by atoms with E-state index >= 15 is 0 Å². The van der Waals surface area contributed by atoms with Gasteiger partial charge in [-0.2, -0.15) is 0 Å². The van der Waals surface area contributed by atoms with E-state index in [9.17, 15) is 4.79 Å². The fourth-order valence-corrected chi connectivity index (χ4v) is 1.30. The van der Waals surface area contributed by atoms with Gasteiger partial charge in [-0.15, -0.1) is 0 Å². The number of rotatable bonds is 3. The number of carbonyl (C=O) groups is 1. The van der Waals surface area contributed by atoms with Crippen molar-refractivity contribution in [2.24, 2.45) is 0 Å². The Balaban J connectivity index is 2.05. The standard InChI is InChI=1S/C7H12BrNO/c8-5-4-7(10)9-6-2-1-3-6/h6H,1-5H2,(H,9,10). The van der Waals surface area contributed by atoms with E-state index in [0.29, 0.717) is 12.5 Å². The summed E-state index contributed by atoms with van der Waals surface area (Å²) in [6.45, 7) is 0. The van der Waals surface area contributed by atoms with Crippen LogP contribution in [0.25, 0.3) is 0 Å². The summed E-state index contributed by atoms with van der Waals surface area (Å²) in [5.74, 6) is 0.182. The van der Waals surface area contributed by atoms with Crippen LogP contribution in [0.2, 0.25) is 0 Å². The van der Waals surface area contributed by atoms with Crippen LogP contribution in [0.5, 0.6) is 0 Å². The first-order chi connectivity index (χ1) is 4.83. The molecule has 1 fully saturated rings. The quantitative estimate of drug-likeness (QED) is 0.695. The Bertz CT molecular complexity index is 123. The lowest BCUT2D eigenvalue weighted by molar-refractivity contribution is -0.121. The molecule has 0 heterocycles. The largest absolute Gasteiger partial charge is 0.353 e. The van der Waals surface area contributed by atoms with Gasteiger partial charge in [0.15, 0.2) is 0 Å². The van der Waals surface area contributed by atoms with Gasteiger partial charge in [0.05, 0.1) is 0 Å². The Labute approximate surface area is 69.5 Å². The summed E-state index contributed by atoms with van der Waals surface area (Å²) < 4.78 is 0. The van der Waals surface area contributed by atoms with Crippen molar-refractivity contribution in [3.8, 4) is 0 Å². The van der Waals surface area contributed by atoms with Crippen LogP contribution in [0.4, 0.5) is 0 Å². The van der Waals surface area contributed by atoms with Crippen molar-refractivity contribution >= 4 is 21.8 Å². The molecule has 1 aliphatic carbocycles. The van der Waals surface area contributed by atoms with Crippen LogP contribution >= 0.6 is 15.9 Å². The predicted octanol–water partition coefficient (Wildman–Crippen LogP) is 1.44. The van der Waals surface area contributed by atoms with Crippen LogP contribution < -0.4 is 5.32 Å². The van der Waals surface area contributed by atoms with E-state index in [0.717, 1.165) is 5.33 Å². The number of amides is 1. The predicted molar refractivity (Wildman–Crippen MR) is 44.2 cm³/mol. The molecule has 1 rings (SSSR count). The van der Waals surface area contributed by atoms with Gasteiger partial charge in [0.25, 0.3) is 0 Å². The maximum Gasteiger partial charge on any atom is 0.221 e. The zero-order valence-corrected chi connectivity index (χ0v) is 7.49. The zero-order valence-electron chi connectivity index (χ0n) is 5.90. The molecule has 0 unspecified atom stereocenters. The molecule has 1 saturated carbocycles. The van der Waals surface area contributed by atoms with E-state index in [1.165, 1.54) is 19.3 Å². The topological polar surface area (TPSA) is 29.1 Å². The molecule has 0 aromatic carbocycles. The molecule has 0 aromatic rings. The van der Waals surface area contributed by atoms with Crippen molar-refractivity contribution in [3.05, 3.63) is 0 Å². The maximum absolute atomic E-state index is 10.9. The number of nitrogens with one attached hydrogen (secondary N) is 1. The highest BCUT2D eigenvalue weighted by atomic mass is 79.9. The van der Waals surface area contributed by atoms with E-state index in [1.807, 2.05) is 0 Å². The van der Waals surface area contributed by atoms with Gasteiger partial charge >= 0.3 is 0 Å². The maximum atomic E-state index is 10.9. The third-order valence-electron chi connectivity index (χ3n) is 1.79. The van der Waals surface area contributed by atoms with Crippen LogP contribution in [0.1, 0.15) is 25.7 Å².